The van der Waals surface area contributed by atoms with Gasteiger partial charge in [-0.25, -0.2) is 0 Å². The number of carbonyl (C=O) groups is 3. The highest BCUT2D eigenvalue weighted by molar-refractivity contribution is 6.02. The molecule has 2 bridgehead atoms. The summed E-state index contributed by atoms with van der Waals surface area (Å²) in [5.74, 6) is -3.91. The molecule has 0 spiro atoms. The van der Waals surface area contributed by atoms with Gasteiger partial charge in [-0.05, 0) is 36.5 Å². The Morgan fingerprint density at radius 3 is 2.43 bits per heavy atom. The number of morpholine rings is 1. The molecule has 1 aliphatic heterocycles. The van der Waals surface area contributed by atoms with Crippen LogP contribution >= 0.6 is 0 Å². The summed E-state index contributed by atoms with van der Waals surface area (Å²) >= 11 is 0. The van der Waals surface area contributed by atoms with E-state index in [0.29, 0.717) is 49.7 Å². The Bertz CT molecular complexity index is 846. The average molecular weight is 384 g/mol. The van der Waals surface area contributed by atoms with Gasteiger partial charge < -0.3 is 30.6 Å². The molecular weight excluding hydrogens is 362 g/mol. The number of primary amides is 1. The quantitative estimate of drug-likeness (QED) is 0.675. The largest absolute Gasteiger partial charge is 0.550 e. The van der Waals surface area contributed by atoms with Crippen LogP contribution in [0.25, 0.3) is 0 Å². The fraction of sp³-hybridized carbons (Fsp3) is 0.450. The number of nitrogens with two attached hydrogens (primary N) is 1. The summed E-state index contributed by atoms with van der Waals surface area (Å²) in [5, 5.41) is 14.3. The zero-order valence-corrected chi connectivity index (χ0v) is 15.3. The first kappa shape index (κ1) is 18.5. The smallest absolute Gasteiger partial charge is 0.250 e. The van der Waals surface area contributed by atoms with Crippen molar-refractivity contribution in [3.05, 3.63) is 35.9 Å². The maximum atomic E-state index is 12.8. The standard InChI is InChI=1S/C20H23N3O5/c21-18(24)14-10-13(3-4-15(14)23-5-7-28-8-6-23)22-19(25)16-11-1-2-12(9-11)17(16)20(26)27/h1-4,10-12,16-17H,5-9H2,(H2,21,24)(H,22,25)(H,26,27)/p-1/t11-,12-,16-,17-/m0/s1. The number of allylic oxidation sites excluding steroid dienone is 2. The molecule has 148 valence electrons. The van der Waals surface area contributed by atoms with Crippen LogP contribution < -0.4 is 21.1 Å². The van der Waals surface area contributed by atoms with E-state index in [1.54, 1.807) is 18.2 Å². The molecule has 4 atom stereocenters. The molecule has 4 rings (SSSR count). The molecule has 1 aromatic rings. The minimum absolute atomic E-state index is 0.101. The zero-order valence-electron chi connectivity index (χ0n) is 15.3. The number of amides is 2. The summed E-state index contributed by atoms with van der Waals surface area (Å²) in [5.41, 5.74) is 6.97. The molecule has 8 nitrogen and oxygen atoms in total. The number of nitrogens with one attached hydrogen (secondary N) is 1. The fourth-order valence-electron chi connectivity index (χ4n) is 4.62. The van der Waals surface area contributed by atoms with Crippen LogP contribution in [0.4, 0.5) is 11.4 Å². The van der Waals surface area contributed by atoms with Gasteiger partial charge in [0.15, 0.2) is 0 Å². The Kier molecular flexibility index (Phi) is 4.80. The van der Waals surface area contributed by atoms with Crippen LogP contribution in [-0.2, 0) is 14.3 Å². The molecule has 3 N–H and O–H groups in total. The van der Waals surface area contributed by atoms with Gasteiger partial charge in [-0.2, -0.15) is 0 Å². The number of hydrogen-bond donors (Lipinski definition) is 2. The van der Waals surface area contributed by atoms with E-state index in [1.165, 1.54) is 0 Å². The summed E-state index contributed by atoms with van der Waals surface area (Å²) in [6.45, 7) is 2.44. The van der Waals surface area contributed by atoms with Gasteiger partial charge in [-0.3, -0.25) is 9.59 Å². The highest BCUT2D eigenvalue weighted by Crippen LogP contribution is 2.48. The summed E-state index contributed by atoms with van der Waals surface area (Å²) < 4.78 is 5.33. The Hall–Kier alpha value is -2.87. The van der Waals surface area contributed by atoms with Crippen LogP contribution in [0.3, 0.4) is 0 Å². The zero-order chi connectivity index (χ0) is 19.8. The van der Waals surface area contributed by atoms with Crippen molar-refractivity contribution in [1.82, 2.24) is 0 Å². The molecule has 0 aromatic heterocycles. The third-order valence-corrected chi connectivity index (χ3v) is 5.92. The second kappa shape index (κ2) is 7.27. The molecule has 8 heteroatoms. The fourth-order valence-corrected chi connectivity index (χ4v) is 4.62. The number of aliphatic carboxylic acids is 1. The van der Waals surface area contributed by atoms with Gasteiger partial charge in [0, 0.05) is 36.4 Å². The van der Waals surface area contributed by atoms with Gasteiger partial charge >= 0.3 is 0 Å². The number of carboxylic acids is 1. The number of rotatable bonds is 5. The molecule has 28 heavy (non-hydrogen) atoms. The van der Waals surface area contributed by atoms with Crippen LogP contribution in [0.15, 0.2) is 30.4 Å². The molecule has 3 aliphatic rings. The highest BCUT2D eigenvalue weighted by Gasteiger charge is 2.48. The molecule has 0 radical (unpaired) electrons. The Balaban J connectivity index is 1.55. The van der Waals surface area contributed by atoms with E-state index in [-0.39, 0.29) is 17.7 Å². The van der Waals surface area contributed by atoms with Gasteiger partial charge in [0.2, 0.25) is 5.91 Å². The van der Waals surface area contributed by atoms with Crippen LogP contribution in [-0.4, -0.2) is 44.1 Å². The summed E-state index contributed by atoms with van der Waals surface area (Å²) in [7, 11) is 0. The third-order valence-electron chi connectivity index (χ3n) is 5.92. The van der Waals surface area contributed by atoms with Crippen molar-refractivity contribution in [2.45, 2.75) is 6.42 Å². The Morgan fingerprint density at radius 2 is 1.79 bits per heavy atom. The number of carbonyl (C=O) groups excluding carboxylic acids is 3. The van der Waals surface area contributed by atoms with E-state index < -0.39 is 23.7 Å². The molecule has 1 saturated carbocycles. The Morgan fingerprint density at radius 1 is 1.11 bits per heavy atom. The van der Waals surface area contributed by atoms with E-state index in [0.717, 1.165) is 0 Å². The van der Waals surface area contributed by atoms with E-state index in [4.69, 9.17) is 10.5 Å². The SMILES string of the molecule is NC(=O)c1cc(NC(=O)[C@@H]2[C@@H](C(=O)[O-])[C@H]3C=C[C@H]2C3)ccc1N1CCOCC1. The maximum absolute atomic E-state index is 12.8. The first-order valence-electron chi connectivity index (χ1n) is 9.42. The normalized spacial score (nSPS) is 28.4. The average Bonchev–Trinajstić information content (AvgIpc) is 3.30. The third kappa shape index (κ3) is 3.24. The summed E-state index contributed by atoms with van der Waals surface area (Å²) in [4.78, 5) is 38.3. The second-order valence-electron chi connectivity index (χ2n) is 7.50. The minimum Gasteiger partial charge on any atom is -0.550 e. The molecule has 1 saturated heterocycles. The number of benzene rings is 1. The molecule has 2 fully saturated rings. The number of ether oxygens (including phenoxy) is 1. The van der Waals surface area contributed by atoms with Crippen molar-refractivity contribution < 1.29 is 24.2 Å². The van der Waals surface area contributed by atoms with Crippen LogP contribution in [0.5, 0.6) is 0 Å². The number of hydrogen-bond acceptors (Lipinski definition) is 6. The predicted octanol–water partition coefficient (Wildman–Crippen LogP) is -0.251. The molecule has 1 heterocycles. The van der Waals surface area contributed by atoms with E-state index >= 15 is 0 Å². The van der Waals surface area contributed by atoms with Gasteiger partial charge in [0.25, 0.3) is 5.91 Å². The van der Waals surface area contributed by atoms with E-state index in [2.05, 4.69) is 5.32 Å². The van der Waals surface area contributed by atoms with Gasteiger partial charge in [-0.1, -0.05) is 12.2 Å². The molecule has 2 amide bonds. The predicted molar refractivity (Wildman–Crippen MR) is 99.3 cm³/mol. The lowest BCUT2D eigenvalue weighted by molar-refractivity contribution is -0.313. The van der Waals surface area contributed by atoms with Gasteiger partial charge in [0.1, 0.15) is 0 Å². The van der Waals surface area contributed by atoms with Crippen molar-refractivity contribution in [3.8, 4) is 0 Å². The lowest BCUT2D eigenvalue weighted by Gasteiger charge is -2.30. The topological polar surface area (TPSA) is 125 Å². The van der Waals surface area contributed by atoms with Crippen LogP contribution in [0.1, 0.15) is 16.8 Å². The van der Waals surface area contributed by atoms with Crippen LogP contribution in [0.2, 0.25) is 0 Å². The summed E-state index contributed by atoms with van der Waals surface area (Å²) in [6.07, 6.45) is 4.42. The lowest BCUT2D eigenvalue weighted by Crippen LogP contribution is -2.43. The monoisotopic (exact) mass is 384 g/mol. The van der Waals surface area contributed by atoms with Gasteiger partial charge in [-0.15, -0.1) is 0 Å². The minimum atomic E-state index is -1.20. The number of carboxylic acid groups (broad SMARTS) is 1. The first-order chi connectivity index (χ1) is 13.5. The van der Waals surface area contributed by atoms with Crippen molar-refractivity contribution >= 4 is 29.2 Å². The van der Waals surface area contributed by atoms with Gasteiger partial charge in [0.05, 0.1) is 24.7 Å². The second-order valence-corrected chi connectivity index (χ2v) is 7.50. The van der Waals surface area contributed by atoms with Crippen molar-refractivity contribution in [2.75, 3.05) is 36.5 Å². The summed E-state index contributed by atoms with van der Waals surface area (Å²) in [6, 6.07) is 4.99. The van der Waals surface area contributed by atoms with Crippen LogP contribution in [0, 0.1) is 23.7 Å². The van der Waals surface area contributed by atoms with E-state index in [1.807, 2.05) is 17.1 Å². The molecule has 1 aromatic carbocycles. The van der Waals surface area contributed by atoms with Crippen molar-refractivity contribution in [1.29, 1.82) is 0 Å². The van der Waals surface area contributed by atoms with Crippen molar-refractivity contribution in [3.63, 3.8) is 0 Å². The molecule has 0 unspecified atom stereocenters. The number of fused-ring (bicyclic) bond motifs is 2. The first-order valence-corrected chi connectivity index (χ1v) is 9.42. The molecule has 2 aliphatic carbocycles. The Labute approximate surface area is 162 Å². The highest BCUT2D eigenvalue weighted by atomic mass is 16.5. The number of nitrogens with zero attached hydrogens (tertiary/aromatic N) is 1. The van der Waals surface area contributed by atoms with Crippen molar-refractivity contribution in [2.24, 2.45) is 29.4 Å². The number of anilines is 2. The lowest BCUT2D eigenvalue weighted by atomic mass is 9.82. The van der Waals surface area contributed by atoms with E-state index in [9.17, 15) is 19.5 Å². The molecular formula is C20H22N3O5-. The maximum Gasteiger partial charge on any atom is 0.250 e.